The molecule has 0 saturated heterocycles. The Hall–Kier alpha value is -1.36. The van der Waals surface area contributed by atoms with E-state index in [1.165, 1.54) is 17.4 Å². The van der Waals surface area contributed by atoms with Crippen LogP contribution in [-0.2, 0) is 16.4 Å². The molecule has 92 valence electrons. The van der Waals surface area contributed by atoms with E-state index in [2.05, 4.69) is 11.1 Å². The van der Waals surface area contributed by atoms with Crippen molar-refractivity contribution in [1.82, 2.24) is 9.55 Å². The van der Waals surface area contributed by atoms with Crippen molar-refractivity contribution in [3.8, 4) is 0 Å². The fourth-order valence-electron chi connectivity index (χ4n) is 1.76. The van der Waals surface area contributed by atoms with Gasteiger partial charge in [0.15, 0.2) is 0 Å². The van der Waals surface area contributed by atoms with Crippen LogP contribution in [0.1, 0.15) is 11.1 Å². The van der Waals surface area contributed by atoms with Gasteiger partial charge in [0, 0.05) is 12.8 Å². The van der Waals surface area contributed by atoms with Crippen LogP contribution in [0.15, 0.2) is 18.5 Å². The van der Waals surface area contributed by atoms with E-state index in [1.807, 2.05) is 24.5 Å². The topological polar surface area (TPSA) is 52.0 Å². The van der Waals surface area contributed by atoms with Crippen molar-refractivity contribution in [2.45, 2.75) is 20.4 Å². The van der Waals surface area contributed by atoms with Crippen molar-refractivity contribution in [3.63, 3.8) is 0 Å². The van der Waals surface area contributed by atoms with E-state index in [-0.39, 0.29) is 5.75 Å². The zero-order valence-electron chi connectivity index (χ0n) is 10.3. The molecule has 1 aromatic heterocycles. The first kappa shape index (κ1) is 12.1. The molecule has 2 aromatic rings. The van der Waals surface area contributed by atoms with E-state index in [4.69, 9.17) is 0 Å². The van der Waals surface area contributed by atoms with Crippen LogP contribution in [-0.4, -0.2) is 30.0 Å². The Morgan fingerprint density at radius 3 is 2.53 bits per heavy atom. The summed E-state index contributed by atoms with van der Waals surface area (Å²) in [5.41, 5.74) is 4.31. The van der Waals surface area contributed by atoms with Crippen LogP contribution in [0.4, 0.5) is 0 Å². The minimum atomic E-state index is -2.94. The number of aryl methyl sites for hydroxylation is 3. The first-order chi connectivity index (χ1) is 7.87. The molecule has 0 unspecified atom stereocenters. The lowest BCUT2D eigenvalue weighted by Gasteiger charge is -2.05. The highest BCUT2D eigenvalue weighted by atomic mass is 32.2. The first-order valence-electron chi connectivity index (χ1n) is 5.46. The standard InChI is InChI=1S/C12H16N2O2S/c1-9-6-11-12(7-10(9)2)14(8-13-11)4-5-17(3,15)16/h6-8H,4-5H2,1-3H3. The van der Waals surface area contributed by atoms with Gasteiger partial charge in [-0.05, 0) is 37.1 Å². The number of imidazole rings is 1. The summed E-state index contributed by atoms with van der Waals surface area (Å²) >= 11 is 0. The quantitative estimate of drug-likeness (QED) is 0.835. The number of benzene rings is 1. The van der Waals surface area contributed by atoms with Gasteiger partial charge in [0.25, 0.3) is 0 Å². The molecule has 0 atom stereocenters. The average Bonchev–Trinajstić information content (AvgIpc) is 2.57. The van der Waals surface area contributed by atoms with E-state index in [1.54, 1.807) is 6.33 Å². The normalized spacial score (nSPS) is 12.2. The number of hydrogen-bond acceptors (Lipinski definition) is 3. The number of nitrogens with zero attached hydrogens (tertiary/aromatic N) is 2. The Balaban J connectivity index is 2.39. The summed E-state index contributed by atoms with van der Waals surface area (Å²) in [7, 11) is -2.94. The van der Waals surface area contributed by atoms with Crippen LogP contribution in [0, 0.1) is 13.8 Å². The molecule has 0 radical (unpaired) electrons. The molecule has 4 nitrogen and oxygen atoms in total. The number of sulfone groups is 1. The Bertz CT molecular complexity index is 656. The second kappa shape index (κ2) is 4.14. The molecule has 0 N–H and O–H groups in total. The highest BCUT2D eigenvalue weighted by Gasteiger charge is 2.07. The molecule has 0 aliphatic carbocycles. The summed E-state index contributed by atoms with van der Waals surface area (Å²) in [5, 5.41) is 0. The van der Waals surface area contributed by atoms with Crippen molar-refractivity contribution in [2.75, 3.05) is 12.0 Å². The summed E-state index contributed by atoms with van der Waals surface area (Å²) in [6, 6.07) is 4.08. The molecule has 2 rings (SSSR count). The number of aromatic nitrogens is 2. The monoisotopic (exact) mass is 252 g/mol. The minimum Gasteiger partial charge on any atom is -0.330 e. The third-order valence-corrected chi connectivity index (χ3v) is 3.86. The molecule has 0 fully saturated rings. The van der Waals surface area contributed by atoms with Gasteiger partial charge in [-0.15, -0.1) is 0 Å². The van der Waals surface area contributed by atoms with E-state index in [0.717, 1.165) is 11.0 Å². The number of rotatable bonds is 3. The predicted molar refractivity (Wildman–Crippen MR) is 68.9 cm³/mol. The SMILES string of the molecule is Cc1cc2ncn(CCS(C)(=O)=O)c2cc1C. The second-order valence-corrected chi connectivity index (χ2v) is 6.75. The third-order valence-electron chi connectivity index (χ3n) is 2.94. The molecule has 0 bridgehead atoms. The van der Waals surface area contributed by atoms with E-state index >= 15 is 0 Å². The summed E-state index contributed by atoms with van der Waals surface area (Å²) in [4.78, 5) is 4.29. The third kappa shape index (κ3) is 2.66. The van der Waals surface area contributed by atoms with Gasteiger partial charge < -0.3 is 4.57 Å². The average molecular weight is 252 g/mol. The molecule has 1 heterocycles. The molecule has 0 amide bonds. The molecular weight excluding hydrogens is 236 g/mol. The lowest BCUT2D eigenvalue weighted by molar-refractivity contribution is 0.595. The van der Waals surface area contributed by atoms with Crippen molar-refractivity contribution in [1.29, 1.82) is 0 Å². The Labute approximate surface area is 101 Å². The van der Waals surface area contributed by atoms with Gasteiger partial charge in [-0.1, -0.05) is 0 Å². The zero-order valence-corrected chi connectivity index (χ0v) is 11.1. The maximum Gasteiger partial charge on any atom is 0.149 e. The predicted octanol–water partition coefficient (Wildman–Crippen LogP) is 1.70. The van der Waals surface area contributed by atoms with Crippen molar-refractivity contribution in [3.05, 3.63) is 29.6 Å². The van der Waals surface area contributed by atoms with Crippen LogP contribution in [0.3, 0.4) is 0 Å². The number of fused-ring (bicyclic) bond motifs is 1. The fourth-order valence-corrected chi connectivity index (χ4v) is 2.28. The van der Waals surface area contributed by atoms with Gasteiger partial charge in [-0.25, -0.2) is 13.4 Å². The second-order valence-electron chi connectivity index (χ2n) is 4.49. The van der Waals surface area contributed by atoms with Crippen molar-refractivity contribution in [2.24, 2.45) is 0 Å². The molecule has 0 aliphatic heterocycles. The lowest BCUT2D eigenvalue weighted by atomic mass is 10.1. The van der Waals surface area contributed by atoms with E-state index in [0.29, 0.717) is 6.54 Å². The van der Waals surface area contributed by atoms with Crippen LogP contribution in [0.2, 0.25) is 0 Å². The lowest BCUT2D eigenvalue weighted by Crippen LogP contribution is -2.10. The van der Waals surface area contributed by atoms with E-state index in [9.17, 15) is 8.42 Å². The summed E-state index contributed by atoms with van der Waals surface area (Å²) in [6.07, 6.45) is 2.95. The van der Waals surface area contributed by atoms with E-state index < -0.39 is 9.84 Å². The van der Waals surface area contributed by atoms with Crippen LogP contribution in [0.25, 0.3) is 11.0 Å². The van der Waals surface area contributed by atoms with Crippen molar-refractivity contribution < 1.29 is 8.42 Å². The molecule has 0 spiro atoms. The zero-order chi connectivity index (χ0) is 12.6. The Kier molecular flexibility index (Phi) is 2.95. The Morgan fingerprint density at radius 1 is 1.24 bits per heavy atom. The maximum absolute atomic E-state index is 11.1. The molecule has 0 saturated carbocycles. The first-order valence-corrected chi connectivity index (χ1v) is 7.53. The van der Waals surface area contributed by atoms with Gasteiger partial charge in [-0.2, -0.15) is 0 Å². The highest BCUT2D eigenvalue weighted by Crippen LogP contribution is 2.18. The largest absolute Gasteiger partial charge is 0.330 e. The summed E-state index contributed by atoms with van der Waals surface area (Å²) in [5.74, 6) is 0.144. The van der Waals surface area contributed by atoms with Crippen LogP contribution >= 0.6 is 0 Å². The van der Waals surface area contributed by atoms with Gasteiger partial charge in [-0.3, -0.25) is 0 Å². The summed E-state index contributed by atoms with van der Waals surface area (Å²) in [6.45, 7) is 4.55. The van der Waals surface area contributed by atoms with Crippen LogP contribution in [0.5, 0.6) is 0 Å². The highest BCUT2D eigenvalue weighted by molar-refractivity contribution is 7.90. The van der Waals surface area contributed by atoms with Gasteiger partial charge in [0.1, 0.15) is 9.84 Å². The van der Waals surface area contributed by atoms with Gasteiger partial charge in [0.05, 0.1) is 23.1 Å². The van der Waals surface area contributed by atoms with Gasteiger partial charge in [0.2, 0.25) is 0 Å². The smallest absolute Gasteiger partial charge is 0.149 e. The van der Waals surface area contributed by atoms with Gasteiger partial charge >= 0.3 is 0 Å². The molecule has 17 heavy (non-hydrogen) atoms. The molecule has 1 aromatic carbocycles. The summed E-state index contributed by atoms with van der Waals surface area (Å²) < 4.78 is 24.2. The fraction of sp³-hybridized carbons (Fsp3) is 0.417. The Morgan fingerprint density at radius 2 is 1.88 bits per heavy atom. The van der Waals surface area contributed by atoms with Crippen molar-refractivity contribution >= 4 is 20.9 Å². The number of hydrogen-bond donors (Lipinski definition) is 0. The maximum atomic E-state index is 11.1. The molecular formula is C12H16N2O2S. The van der Waals surface area contributed by atoms with Crippen LogP contribution < -0.4 is 0 Å². The molecule has 5 heteroatoms. The molecule has 0 aliphatic rings. The minimum absolute atomic E-state index is 0.144.